The molecule has 1 aliphatic heterocycles. The van der Waals surface area contributed by atoms with Crippen molar-refractivity contribution < 1.29 is 4.74 Å². The molecule has 0 saturated carbocycles. The molecular weight excluding hydrogens is 240 g/mol. The molecule has 4 heteroatoms. The highest BCUT2D eigenvalue weighted by atomic mass is 16.5. The minimum Gasteiger partial charge on any atom is -0.377 e. The summed E-state index contributed by atoms with van der Waals surface area (Å²) in [7, 11) is 0. The summed E-state index contributed by atoms with van der Waals surface area (Å²) < 4.78 is 5.74. The van der Waals surface area contributed by atoms with Crippen LogP contribution in [0.4, 0.5) is 0 Å². The van der Waals surface area contributed by atoms with Crippen LogP contribution in [0.25, 0.3) is 0 Å². The quantitative estimate of drug-likeness (QED) is 0.875. The van der Waals surface area contributed by atoms with Crippen LogP contribution in [0.3, 0.4) is 0 Å². The largest absolute Gasteiger partial charge is 0.377 e. The monoisotopic (exact) mass is 262 g/mol. The SMILES string of the molecule is CC(NC1CCCc2[nH]c(=O)ccc21)C1CCCO1. The molecule has 0 radical (unpaired) electrons. The van der Waals surface area contributed by atoms with Gasteiger partial charge in [0.05, 0.1) is 6.10 Å². The van der Waals surface area contributed by atoms with Crippen molar-refractivity contribution in [2.75, 3.05) is 6.61 Å². The van der Waals surface area contributed by atoms with E-state index in [-0.39, 0.29) is 5.56 Å². The number of aromatic nitrogens is 1. The Labute approximate surface area is 113 Å². The first kappa shape index (κ1) is 12.9. The average Bonchev–Trinajstić information content (AvgIpc) is 2.92. The number of H-pyrrole nitrogens is 1. The highest BCUT2D eigenvalue weighted by Gasteiger charge is 2.27. The van der Waals surface area contributed by atoms with Gasteiger partial charge >= 0.3 is 0 Å². The highest BCUT2D eigenvalue weighted by Crippen LogP contribution is 2.29. The maximum Gasteiger partial charge on any atom is 0.248 e. The van der Waals surface area contributed by atoms with E-state index in [9.17, 15) is 4.79 Å². The number of pyridine rings is 1. The van der Waals surface area contributed by atoms with Crippen molar-refractivity contribution in [2.24, 2.45) is 0 Å². The first-order valence-corrected chi connectivity index (χ1v) is 7.34. The van der Waals surface area contributed by atoms with E-state index < -0.39 is 0 Å². The number of ether oxygens (including phenoxy) is 1. The number of rotatable bonds is 3. The lowest BCUT2D eigenvalue weighted by atomic mass is 9.90. The molecule has 1 saturated heterocycles. The van der Waals surface area contributed by atoms with Crippen LogP contribution in [0.15, 0.2) is 16.9 Å². The number of fused-ring (bicyclic) bond motifs is 1. The Morgan fingerprint density at radius 1 is 1.37 bits per heavy atom. The fourth-order valence-corrected chi connectivity index (χ4v) is 3.30. The second-order valence-electron chi connectivity index (χ2n) is 5.71. The van der Waals surface area contributed by atoms with E-state index in [1.165, 1.54) is 12.0 Å². The Morgan fingerprint density at radius 2 is 2.26 bits per heavy atom. The molecule has 2 aliphatic rings. The summed E-state index contributed by atoms with van der Waals surface area (Å²) in [5.41, 5.74) is 2.37. The standard InChI is InChI=1S/C15H22N2O2/c1-10(14-6-3-9-19-14)16-12-4-2-5-13-11(12)7-8-15(18)17-13/h7-8,10,12,14,16H,2-6,9H2,1H3,(H,17,18). The average molecular weight is 262 g/mol. The van der Waals surface area contributed by atoms with Crippen molar-refractivity contribution in [1.82, 2.24) is 10.3 Å². The summed E-state index contributed by atoms with van der Waals surface area (Å²) >= 11 is 0. The van der Waals surface area contributed by atoms with Gasteiger partial charge in [-0.05, 0) is 44.6 Å². The van der Waals surface area contributed by atoms with Crippen LogP contribution >= 0.6 is 0 Å². The lowest BCUT2D eigenvalue weighted by Gasteiger charge is -2.30. The molecule has 1 fully saturated rings. The van der Waals surface area contributed by atoms with E-state index >= 15 is 0 Å². The maximum absolute atomic E-state index is 11.4. The van der Waals surface area contributed by atoms with Crippen molar-refractivity contribution in [1.29, 1.82) is 0 Å². The molecule has 3 atom stereocenters. The molecule has 1 aliphatic carbocycles. The van der Waals surface area contributed by atoms with Crippen LogP contribution in [0.1, 0.15) is 49.9 Å². The van der Waals surface area contributed by atoms with Gasteiger partial charge in [-0.3, -0.25) is 4.79 Å². The van der Waals surface area contributed by atoms with Crippen LogP contribution in [0.5, 0.6) is 0 Å². The number of hydrogen-bond donors (Lipinski definition) is 2. The van der Waals surface area contributed by atoms with E-state index in [2.05, 4.69) is 17.2 Å². The molecule has 2 heterocycles. The molecule has 104 valence electrons. The van der Waals surface area contributed by atoms with Gasteiger partial charge in [-0.2, -0.15) is 0 Å². The number of nitrogens with one attached hydrogen (secondary N) is 2. The third-order valence-corrected chi connectivity index (χ3v) is 4.32. The Kier molecular flexibility index (Phi) is 3.71. The van der Waals surface area contributed by atoms with Gasteiger partial charge in [0, 0.05) is 30.5 Å². The van der Waals surface area contributed by atoms with Gasteiger partial charge in [-0.15, -0.1) is 0 Å². The number of aromatic amines is 1. The van der Waals surface area contributed by atoms with E-state index in [1.807, 2.05) is 6.07 Å². The molecule has 0 aromatic carbocycles. The number of aryl methyl sites for hydroxylation is 1. The minimum absolute atomic E-state index is 0.00609. The Bertz CT molecular complexity index is 491. The summed E-state index contributed by atoms with van der Waals surface area (Å²) in [6.07, 6.45) is 5.91. The predicted molar refractivity (Wildman–Crippen MR) is 74.3 cm³/mol. The third-order valence-electron chi connectivity index (χ3n) is 4.32. The van der Waals surface area contributed by atoms with E-state index in [4.69, 9.17) is 4.74 Å². The summed E-state index contributed by atoms with van der Waals surface area (Å²) in [6.45, 7) is 3.10. The molecule has 0 spiro atoms. The molecule has 3 rings (SSSR count). The lowest BCUT2D eigenvalue weighted by molar-refractivity contribution is 0.0787. The normalized spacial score (nSPS) is 28.1. The van der Waals surface area contributed by atoms with Crippen molar-refractivity contribution in [3.05, 3.63) is 33.7 Å². The van der Waals surface area contributed by atoms with Crippen LogP contribution < -0.4 is 10.9 Å². The fourth-order valence-electron chi connectivity index (χ4n) is 3.30. The van der Waals surface area contributed by atoms with E-state index in [1.54, 1.807) is 6.07 Å². The Balaban J connectivity index is 1.74. The van der Waals surface area contributed by atoms with Gasteiger partial charge in [0.1, 0.15) is 0 Å². The van der Waals surface area contributed by atoms with Gasteiger partial charge in [0.25, 0.3) is 0 Å². The Hall–Kier alpha value is -1.13. The molecule has 19 heavy (non-hydrogen) atoms. The van der Waals surface area contributed by atoms with Crippen LogP contribution in [0, 0.1) is 0 Å². The number of hydrogen-bond acceptors (Lipinski definition) is 3. The molecule has 0 bridgehead atoms. The van der Waals surface area contributed by atoms with E-state index in [0.717, 1.165) is 38.0 Å². The topological polar surface area (TPSA) is 54.1 Å². The Morgan fingerprint density at radius 3 is 3.05 bits per heavy atom. The molecule has 1 aromatic heterocycles. The smallest absolute Gasteiger partial charge is 0.248 e. The van der Waals surface area contributed by atoms with Crippen LogP contribution in [-0.2, 0) is 11.2 Å². The first-order chi connectivity index (χ1) is 9.24. The lowest BCUT2D eigenvalue weighted by Crippen LogP contribution is -2.40. The van der Waals surface area contributed by atoms with Gasteiger partial charge in [0.15, 0.2) is 0 Å². The molecule has 0 amide bonds. The maximum atomic E-state index is 11.4. The van der Waals surface area contributed by atoms with Crippen molar-refractivity contribution in [2.45, 2.75) is 57.2 Å². The summed E-state index contributed by atoms with van der Waals surface area (Å²) in [6, 6.07) is 4.33. The zero-order valence-electron chi connectivity index (χ0n) is 11.4. The van der Waals surface area contributed by atoms with Gasteiger partial charge in [0.2, 0.25) is 5.56 Å². The van der Waals surface area contributed by atoms with Crippen molar-refractivity contribution in [3.8, 4) is 0 Å². The molecular formula is C15H22N2O2. The second-order valence-corrected chi connectivity index (χ2v) is 5.71. The molecule has 2 N–H and O–H groups in total. The molecule has 3 unspecified atom stereocenters. The highest BCUT2D eigenvalue weighted by molar-refractivity contribution is 5.26. The summed E-state index contributed by atoms with van der Waals surface area (Å²) in [5, 5.41) is 3.69. The van der Waals surface area contributed by atoms with Crippen LogP contribution in [0.2, 0.25) is 0 Å². The minimum atomic E-state index is 0.00609. The zero-order chi connectivity index (χ0) is 13.2. The second kappa shape index (κ2) is 5.47. The van der Waals surface area contributed by atoms with Gasteiger partial charge < -0.3 is 15.0 Å². The zero-order valence-corrected chi connectivity index (χ0v) is 11.4. The fraction of sp³-hybridized carbons (Fsp3) is 0.667. The van der Waals surface area contributed by atoms with Crippen molar-refractivity contribution >= 4 is 0 Å². The van der Waals surface area contributed by atoms with E-state index in [0.29, 0.717) is 18.2 Å². The molecule has 4 nitrogen and oxygen atoms in total. The summed E-state index contributed by atoms with van der Waals surface area (Å²) in [5.74, 6) is 0. The summed E-state index contributed by atoms with van der Waals surface area (Å²) in [4.78, 5) is 14.4. The predicted octanol–water partition coefficient (Wildman–Crippen LogP) is 1.91. The molecule has 1 aromatic rings. The van der Waals surface area contributed by atoms with Gasteiger partial charge in [-0.1, -0.05) is 6.07 Å². The van der Waals surface area contributed by atoms with Crippen molar-refractivity contribution in [3.63, 3.8) is 0 Å². The third kappa shape index (κ3) is 2.74. The first-order valence-electron chi connectivity index (χ1n) is 7.34. The van der Waals surface area contributed by atoms with Gasteiger partial charge in [-0.25, -0.2) is 0 Å². The van der Waals surface area contributed by atoms with Crippen LogP contribution in [-0.4, -0.2) is 23.7 Å².